The second kappa shape index (κ2) is 10.9. The maximum absolute atomic E-state index is 12.7. The summed E-state index contributed by atoms with van der Waals surface area (Å²) in [6.45, 7) is 6.83. The van der Waals surface area contributed by atoms with E-state index >= 15 is 0 Å². The van der Waals surface area contributed by atoms with Crippen molar-refractivity contribution >= 4 is 0 Å². The summed E-state index contributed by atoms with van der Waals surface area (Å²) < 4.78 is 14.1. The zero-order valence-corrected chi connectivity index (χ0v) is 17.7. The minimum absolute atomic E-state index is 0.136. The molecule has 1 fully saturated rings. The molecule has 1 N–H and O–H groups in total. The Hall–Kier alpha value is -2.94. The number of aromatic nitrogens is 3. The summed E-state index contributed by atoms with van der Waals surface area (Å²) in [7, 11) is 0. The van der Waals surface area contributed by atoms with Crippen LogP contribution in [0.3, 0.4) is 0 Å². The average molecular weight is 424 g/mol. The summed E-state index contributed by atoms with van der Waals surface area (Å²) in [6.07, 6.45) is 1.58. The van der Waals surface area contributed by atoms with Gasteiger partial charge in [0.2, 0.25) is 0 Å². The largest absolute Gasteiger partial charge is 0.492 e. The molecule has 0 atom stereocenters. The van der Waals surface area contributed by atoms with Gasteiger partial charge in [0.1, 0.15) is 18.7 Å². The molecule has 1 aliphatic heterocycles. The molecule has 2 aromatic carbocycles. The Labute approximate surface area is 182 Å². The van der Waals surface area contributed by atoms with Gasteiger partial charge >= 0.3 is 5.69 Å². The second-order valence-corrected chi connectivity index (χ2v) is 7.47. The van der Waals surface area contributed by atoms with Crippen LogP contribution in [0.4, 0.5) is 0 Å². The van der Waals surface area contributed by atoms with E-state index in [4.69, 9.17) is 9.47 Å². The molecule has 1 aliphatic rings. The van der Waals surface area contributed by atoms with Crippen LogP contribution >= 0.6 is 0 Å². The van der Waals surface area contributed by atoms with Crippen LogP contribution in [0.2, 0.25) is 0 Å². The molecule has 0 spiro atoms. The molecule has 0 aliphatic carbocycles. The highest BCUT2D eigenvalue weighted by molar-refractivity contribution is 5.34. The Morgan fingerprint density at radius 2 is 1.77 bits per heavy atom. The fraction of sp³-hybridized carbons (Fsp3) is 0.391. The Morgan fingerprint density at radius 1 is 1.00 bits per heavy atom. The van der Waals surface area contributed by atoms with Gasteiger partial charge in [-0.2, -0.15) is 5.10 Å². The highest BCUT2D eigenvalue weighted by Crippen LogP contribution is 2.11. The van der Waals surface area contributed by atoms with Crippen molar-refractivity contribution in [2.75, 3.05) is 46.0 Å². The van der Waals surface area contributed by atoms with Gasteiger partial charge in [-0.05, 0) is 29.8 Å². The molecule has 8 heteroatoms. The van der Waals surface area contributed by atoms with Crippen molar-refractivity contribution in [1.82, 2.24) is 24.6 Å². The van der Waals surface area contributed by atoms with Crippen molar-refractivity contribution in [2.24, 2.45) is 0 Å². The number of nitrogens with one attached hydrogen (secondary N) is 1. The molecule has 0 radical (unpaired) electrons. The van der Waals surface area contributed by atoms with Gasteiger partial charge in [0.15, 0.2) is 0 Å². The molecule has 164 valence electrons. The first-order valence-corrected chi connectivity index (χ1v) is 10.7. The lowest BCUT2D eigenvalue weighted by molar-refractivity contribution is 0.0342. The van der Waals surface area contributed by atoms with E-state index < -0.39 is 0 Å². The highest BCUT2D eigenvalue weighted by Gasteiger charge is 2.11. The predicted molar refractivity (Wildman–Crippen MR) is 119 cm³/mol. The van der Waals surface area contributed by atoms with Crippen molar-refractivity contribution < 1.29 is 9.47 Å². The number of ether oxygens (including phenoxy) is 2. The Balaban J connectivity index is 1.23. The average Bonchev–Trinajstić information content (AvgIpc) is 3.18. The first-order chi connectivity index (χ1) is 15.3. The SMILES string of the molecule is O=c1n(-c2ccc(CN3CCOCC3)cc2)cnn1CCNCCOc1ccccc1. The lowest BCUT2D eigenvalue weighted by atomic mass is 10.2. The predicted octanol–water partition coefficient (Wildman–Crippen LogP) is 1.53. The summed E-state index contributed by atoms with van der Waals surface area (Å²) in [5.74, 6) is 0.857. The fourth-order valence-electron chi connectivity index (χ4n) is 3.51. The van der Waals surface area contributed by atoms with Crippen LogP contribution < -0.4 is 15.7 Å². The Morgan fingerprint density at radius 3 is 2.55 bits per heavy atom. The van der Waals surface area contributed by atoms with E-state index in [1.54, 1.807) is 10.9 Å². The van der Waals surface area contributed by atoms with E-state index in [0.717, 1.165) is 44.3 Å². The molecule has 0 bridgehead atoms. The van der Waals surface area contributed by atoms with Gasteiger partial charge in [0, 0.05) is 32.7 Å². The summed E-state index contributed by atoms with van der Waals surface area (Å²) in [5, 5.41) is 7.53. The van der Waals surface area contributed by atoms with Crippen molar-refractivity contribution in [3.8, 4) is 11.4 Å². The summed E-state index contributed by atoms with van der Waals surface area (Å²) in [4.78, 5) is 15.0. The van der Waals surface area contributed by atoms with Gasteiger partial charge in [0.05, 0.1) is 25.4 Å². The van der Waals surface area contributed by atoms with Crippen LogP contribution in [0.1, 0.15) is 5.56 Å². The highest BCUT2D eigenvalue weighted by atomic mass is 16.5. The topological polar surface area (TPSA) is 73.5 Å². The molecule has 4 rings (SSSR count). The maximum Gasteiger partial charge on any atom is 0.350 e. The molecular weight excluding hydrogens is 394 g/mol. The Kier molecular flexibility index (Phi) is 7.49. The zero-order chi connectivity index (χ0) is 21.3. The normalized spacial score (nSPS) is 14.6. The number of hydrogen-bond acceptors (Lipinski definition) is 6. The second-order valence-electron chi connectivity index (χ2n) is 7.47. The first kappa shape index (κ1) is 21.3. The lowest BCUT2D eigenvalue weighted by Crippen LogP contribution is -2.35. The first-order valence-electron chi connectivity index (χ1n) is 10.7. The quantitative estimate of drug-likeness (QED) is 0.499. The third-order valence-corrected chi connectivity index (χ3v) is 5.25. The van der Waals surface area contributed by atoms with Crippen LogP contribution in [0.25, 0.3) is 5.69 Å². The minimum Gasteiger partial charge on any atom is -0.492 e. The van der Waals surface area contributed by atoms with E-state index in [9.17, 15) is 4.79 Å². The van der Waals surface area contributed by atoms with Gasteiger partial charge in [-0.3, -0.25) is 4.90 Å². The smallest absolute Gasteiger partial charge is 0.350 e. The van der Waals surface area contributed by atoms with Gasteiger partial charge in [-0.15, -0.1) is 0 Å². The minimum atomic E-state index is -0.136. The van der Waals surface area contributed by atoms with E-state index in [1.807, 2.05) is 42.5 Å². The number of morpholine rings is 1. The number of benzene rings is 2. The van der Waals surface area contributed by atoms with Crippen molar-refractivity contribution in [3.05, 3.63) is 77.0 Å². The Bertz CT molecular complexity index is 978. The van der Waals surface area contributed by atoms with Gasteiger partial charge in [0.25, 0.3) is 0 Å². The summed E-state index contributed by atoms with van der Waals surface area (Å²) in [5.41, 5.74) is 1.92. The molecular formula is C23H29N5O3. The van der Waals surface area contributed by atoms with Crippen molar-refractivity contribution in [3.63, 3.8) is 0 Å². The molecule has 2 heterocycles. The third-order valence-electron chi connectivity index (χ3n) is 5.25. The van der Waals surface area contributed by atoms with Crippen LogP contribution in [-0.2, 0) is 17.8 Å². The van der Waals surface area contributed by atoms with Gasteiger partial charge < -0.3 is 14.8 Å². The standard InChI is InChI=1S/C23H29N5O3/c29-23-27(21-8-6-20(7-9-21)18-26-13-16-30-17-14-26)19-25-28(23)12-10-24-11-15-31-22-4-2-1-3-5-22/h1-9,19,24H,10-18H2. The van der Waals surface area contributed by atoms with Gasteiger partial charge in [-0.25, -0.2) is 14.0 Å². The molecule has 3 aromatic rings. The van der Waals surface area contributed by atoms with E-state index in [1.165, 1.54) is 10.2 Å². The third kappa shape index (κ3) is 6.04. The molecule has 0 unspecified atom stereocenters. The van der Waals surface area contributed by atoms with Crippen molar-refractivity contribution in [2.45, 2.75) is 13.1 Å². The zero-order valence-electron chi connectivity index (χ0n) is 17.7. The monoisotopic (exact) mass is 423 g/mol. The molecule has 1 saturated heterocycles. The van der Waals surface area contributed by atoms with Gasteiger partial charge in [-0.1, -0.05) is 30.3 Å². The molecule has 8 nitrogen and oxygen atoms in total. The van der Waals surface area contributed by atoms with E-state index in [0.29, 0.717) is 26.2 Å². The number of nitrogens with zero attached hydrogens (tertiary/aromatic N) is 4. The summed E-state index contributed by atoms with van der Waals surface area (Å²) >= 11 is 0. The van der Waals surface area contributed by atoms with E-state index in [-0.39, 0.29) is 5.69 Å². The fourth-order valence-corrected chi connectivity index (χ4v) is 3.51. The molecule has 0 saturated carbocycles. The number of para-hydroxylation sites is 1. The number of rotatable bonds is 10. The van der Waals surface area contributed by atoms with Crippen LogP contribution in [0.5, 0.6) is 5.75 Å². The lowest BCUT2D eigenvalue weighted by Gasteiger charge is -2.26. The summed E-state index contributed by atoms with van der Waals surface area (Å²) in [6, 6.07) is 17.8. The van der Waals surface area contributed by atoms with E-state index in [2.05, 4.69) is 27.4 Å². The molecule has 0 amide bonds. The molecule has 31 heavy (non-hydrogen) atoms. The van der Waals surface area contributed by atoms with Crippen LogP contribution in [0.15, 0.2) is 65.7 Å². The maximum atomic E-state index is 12.7. The molecule has 1 aromatic heterocycles. The van der Waals surface area contributed by atoms with Crippen LogP contribution in [-0.4, -0.2) is 65.2 Å². The van der Waals surface area contributed by atoms with Crippen LogP contribution in [0, 0.1) is 0 Å². The number of hydrogen-bond donors (Lipinski definition) is 1. The van der Waals surface area contributed by atoms with Crippen molar-refractivity contribution in [1.29, 1.82) is 0 Å².